The maximum Gasteiger partial charge on any atom is 0.261 e. The monoisotopic (exact) mass is 386 g/mol. The second-order valence-corrected chi connectivity index (χ2v) is 7.58. The van der Waals surface area contributed by atoms with Crippen LogP contribution in [0.15, 0.2) is 83.8 Å². The lowest BCUT2D eigenvalue weighted by Gasteiger charge is -2.09. The predicted molar refractivity (Wildman–Crippen MR) is 103 cm³/mol. The zero-order valence-electron chi connectivity index (χ0n) is 13.5. The van der Waals surface area contributed by atoms with Gasteiger partial charge in [0.15, 0.2) is 0 Å². The van der Waals surface area contributed by atoms with Crippen LogP contribution in [0.2, 0.25) is 5.02 Å². The number of carbonyl (C=O) groups excluding carboxylic acids is 1. The highest BCUT2D eigenvalue weighted by molar-refractivity contribution is 7.92. The second kappa shape index (κ2) is 7.59. The molecule has 1 amide bonds. The third-order valence-electron chi connectivity index (χ3n) is 3.55. The van der Waals surface area contributed by atoms with Gasteiger partial charge in [-0.3, -0.25) is 9.52 Å². The number of sulfonamides is 1. The van der Waals surface area contributed by atoms with Gasteiger partial charge in [-0.15, -0.1) is 0 Å². The van der Waals surface area contributed by atoms with Gasteiger partial charge in [-0.2, -0.15) is 0 Å². The molecule has 0 fully saturated rings. The number of anilines is 2. The van der Waals surface area contributed by atoms with Gasteiger partial charge in [-0.25, -0.2) is 8.42 Å². The van der Waals surface area contributed by atoms with Crippen LogP contribution in [0.3, 0.4) is 0 Å². The molecule has 0 aliphatic rings. The van der Waals surface area contributed by atoms with E-state index in [1.165, 1.54) is 24.3 Å². The summed E-state index contributed by atoms with van der Waals surface area (Å²) in [5.74, 6) is -0.301. The topological polar surface area (TPSA) is 75.3 Å². The highest BCUT2D eigenvalue weighted by atomic mass is 35.5. The molecule has 7 heteroatoms. The average Bonchev–Trinajstić information content (AvgIpc) is 2.64. The van der Waals surface area contributed by atoms with Crippen molar-refractivity contribution in [2.75, 3.05) is 10.0 Å². The lowest BCUT2D eigenvalue weighted by Crippen LogP contribution is -2.14. The first-order valence-electron chi connectivity index (χ1n) is 7.69. The molecule has 0 bridgehead atoms. The van der Waals surface area contributed by atoms with Gasteiger partial charge in [0, 0.05) is 22.0 Å². The first-order chi connectivity index (χ1) is 12.4. The summed E-state index contributed by atoms with van der Waals surface area (Å²) in [4.78, 5) is 12.4. The Bertz CT molecular complexity index is 1000. The van der Waals surface area contributed by atoms with E-state index in [9.17, 15) is 13.2 Å². The Morgan fingerprint density at radius 2 is 1.35 bits per heavy atom. The maximum atomic E-state index is 12.3. The SMILES string of the molecule is O=C(Nc1ccc(Cl)cc1)c1ccc(NS(=O)(=O)c2ccccc2)cc1. The standard InChI is InChI=1S/C19H15ClN2O3S/c20-15-8-12-16(13-9-15)21-19(23)14-6-10-17(11-7-14)22-26(24,25)18-4-2-1-3-5-18/h1-13,22H,(H,21,23). The lowest BCUT2D eigenvalue weighted by molar-refractivity contribution is 0.102. The first-order valence-corrected chi connectivity index (χ1v) is 9.55. The van der Waals surface area contributed by atoms with Crippen LogP contribution in [0.1, 0.15) is 10.4 Å². The quantitative estimate of drug-likeness (QED) is 0.682. The average molecular weight is 387 g/mol. The highest BCUT2D eigenvalue weighted by Gasteiger charge is 2.14. The Morgan fingerprint density at radius 3 is 1.96 bits per heavy atom. The second-order valence-electron chi connectivity index (χ2n) is 5.46. The summed E-state index contributed by atoms with van der Waals surface area (Å²) in [6.07, 6.45) is 0. The fraction of sp³-hybridized carbons (Fsp3) is 0. The number of amides is 1. The van der Waals surface area contributed by atoms with E-state index in [-0.39, 0.29) is 10.8 Å². The molecule has 0 aliphatic carbocycles. The molecule has 0 atom stereocenters. The molecule has 0 saturated carbocycles. The van der Waals surface area contributed by atoms with Gasteiger partial charge < -0.3 is 5.32 Å². The molecule has 0 heterocycles. The van der Waals surface area contributed by atoms with Crippen LogP contribution in [0.4, 0.5) is 11.4 Å². The molecular formula is C19H15ClN2O3S. The number of halogens is 1. The number of benzene rings is 3. The zero-order valence-corrected chi connectivity index (χ0v) is 15.1. The van der Waals surface area contributed by atoms with Crippen molar-refractivity contribution in [3.05, 3.63) is 89.4 Å². The molecule has 0 aliphatic heterocycles. The largest absolute Gasteiger partial charge is 0.322 e. The first kappa shape index (κ1) is 18.0. The Labute approximate surface area is 156 Å². The molecule has 0 radical (unpaired) electrons. The van der Waals surface area contributed by atoms with Crippen LogP contribution in [-0.2, 0) is 10.0 Å². The molecule has 5 nitrogen and oxygen atoms in total. The van der Waals surface area contributed by atoms with Crippen LogP contribution < -0.4 is 10.0 Å². The summed E-state index contributed by atoms with van der Waals surface area (Å²) < 4.78 is 27.1. The van der Waals surface area contributed by atoms with Crippen LogP contribution >= 0.6 is 11.6 Å². The highest BCUT2D eigenvalue weighted by Crippen LogP contribution is 2.18. The number of nitrogens with one attached hydrogen (secondary N) is 2. The molecule has 132 valence electrons. The normalized spacial score (nSPS) is 11.0. The fourth-order valence-electron chi connectivity index (χ4n) is 2.24. The van der Waals surface area contributed by atoms with E-state index >= 15 is 0 Å². The molecule has 0 aromatic heterocycles. The Morgan fingerprint density at radius 1 is 0.769 bits per heavy atom. The van der Waals surface area contributed by atoms with E-state index in [0.29, 0.717) is 22.0 Å². The van der Waals surface area contributed by atoms with Gasteiger partial charge in [0.25, 0.3) is 15.9 Å². The number of hydrogen-bond donors (Lipinski definition) is 2. The summed E-state index contributed by atoms with van der Waals surface area (Å²) >= 11 is 5.81. The minimum Gasteiger partial charge on any atom is -0.322 e. The van der Waals surface area contributed by atoms with Crippen LogP contribution in [-0.4, -0.2) is 14.3 Å². The van der Waals surface area contributed by atoms with Crippen molar-refractivity contribution in [3.8, 4) is 0 Å². The van der Waals surface area contributed by atoms with E-state index in [2.05, 4.69) is 10.0 Å². The summed E-state index contributed by atoms with van der Waals surface area (Å²) in [5, 5.41) is 3.32. The maximum absolute atomic E-state index is 12.3. The Hall–Kier alpha value is -2.83. The molecule has 0 spiro atoms. The summed E-state index contributed by atoms with van der Waals surface area (Å²) in [6, 6.07) is 21.0. The third-order valence-corrected chi connectivity index (χ3v) is 5.20. The lowest BCUT2D eigenvalue weighted by atomic mass is 10.2. The molecule has 26 heavy (non-hydrogen) atoms. The zero-order chi connectivity index (χ0) is 18.6. The molecule has 2 N–H and O–H groups in total. The predicted octanol–water partition coefficient (Wildman–Crippen LogP) is 4.39. The van der Waals surface area contributed by atoms with Gasteiger partial charge in [-0.1, -0.05) is 29.8 Å². The summed E-state index contributed by atoms with van der Waals surface area (Å²) in [6.45, 7) is 0. The Kier molecular flexibility index (Phi) is 5.25. The molecule has 3 aromatic carbocycles. The summed E-state index contributed by atoms with van der Waals surface area (Å²) in [7, 11) is -3.66. The minimum atomic E-state index is -3.66. The molecule has 0 saturated heterocycles. The van der Waals surface area contributed by atoms with Crippen molar-refractivity contribution in [2.45, 2.75) is 4.90 Å². The third kappa shape index (κ3) is 4.41. The van der Waals surface area contributed by atoms with Crippen molar-refractivity contribution in [2.24, 2.45) is 0 Å². The smallest absolute Gasteiger partial charge is 0.261 e. The van der Waals surface area contributed by atoms with E-state index in [1.807, 2.05) is 0 Å². The van der Waals surface area contributed by atoms with Gasteiger partial charge in [0.2, 0.25) is 0 Å². The van der Waals surface area contributed by atoms with E-state index in [0.717, 1.165) is 0 Å². The van der Waals surface area contributed by atoms with Crippen molar-refractivity contribution in [3.63, 3.8) is 0 Å². The molecule has 3 aromatic rings. The van der Waals surface area contributed by atoms with E-state index < -0.39 is 10.0 Å². The van der Waals surface area contributed by atoms with Crippen LogP contribution in [0.25, 0.3) is 0 Å². The van der Waals surface area contributed by atoms with Gasteiger partial charge in [0.1, 0.15) is 0 Å². The number of carbonyl (C=O) groups is 1. The van der Waals surface area contributed by atoms with Crippen molar-refractivity contribution in [1.29, 1.82) is 0 Å². The van der Waals surface area contributed by atoms with E-state index in [1.54, 1.807) is 54.6 Å². The van der Waals surface area contributed by atoms with Crippen molar-refractivity contribution < 1.29 is 13.2 Å². The molecule has 0 unspecified atom stereocenters. The van der Waals surface area contributed by atoms with Gasteiger partial charge >= 0.3 is 0 Å². The number of hydrogen-bond acceptors (Lipinski definition) is 3. The molecule has 3 rings (SSSR count). The van der Waals surface area contributed by atoms with Crippen LogP contribution in [0, 0.1) is 0 Å². The van der Waals surface area contributed by atoms with Crippen LogP contribution in [0.5, 0.6) is 0 Å². The van der Waals surface area contributed by atoms with Crippen molar-refractivity contribution in [1.82, 2.24) is 0 Å². The van der Waals surface area contributed by atoms with Gasteiger partial charge in [-0.05, 0) is 60.7 Å². The van der Waals surface area contributed by atoms with E-state index in [4.69, 9.17) is 11.6 Å². The Balaban J connectivity index is 1.70. The van der Waals surface area contributed by atoms with Crippen molar-refractivity contribution >= 4 is 38.9 Å². The minimum absolute atomic E-state index is 0.171. The number of rotatable bonds is 5. The molecular weight excluding hydrogens is 372 g/mol. The fourth-order valence-corrected chi connectivity index (χ4v) is 3.45. The van der Waals surface area contributed by atoms with Gasteiger partial charge in [0.05, 0.1) is 4.90 Å². The summed E-state index contributed by atoms with van der Waals surface area (Å²) in [5.41, 5.74) is 1.40.